The van der Waals surface area contributed by atoms with Gasteiger partial charge in [-0.15, -0.1) is 0 Å². The number of aryl methyl sites for hydroxylation is 3. The van der Waals surface area contributed by atoms with Gasteiger partial charge in [-0.05, 0) is 67.3 Å². The summed E-state index contributed by atoms with van der Waals surface area (Å²) in [7, 11) is 0. The third kappa shape index (κ3) is 4.78. The molecule has 0 spiro atoms. The van der Waals surface area contributed by atoms with Gasteiger partial charge < -0.3 is 9.80 Å². The fourth-order valence-electron chi connectivity index (χ4n) is 4.87. The van der Waals surface area contributed by atoms with Gasteiger partial charge in [-0.2, -0.15) is 0 Å². The van der Waals surface area contributed by atoms with Gasteiger partial charge >= 0.3 is 0 Å². The first kappa shape index (κ1) is 23.4. The van der Waals surface area contributed by atoms with Gasteiger partial charge in [0.05, 0.1) is 5.69 Å². The van der Waals surface area contributed by atoms with Gasteiger partial charge in [-0.1, -0.05) is 54.1 Å². The average Bonchev–Trinajstić information content (AvgIpc) is 3.19. The minimum atomic E-state index is -0.415. The molecule has 1 unspecified atom stereocenters. The lowest BCUT2D eigenvalue weighted by Gasteiger charge is -2.39. The number of carbonyl (C=O) groups excluding carboxylic acids is 1. The Morgan fingerprint density at radius 1 is 0.829 bits per heavy atom. The minimum Gasteiger partial charge on any atom is -0.368 e. The van der Waals surface area contributed by atoms with Crippen molar-refractivity contribution >= 4 is 34.8 Å². The fourth-order valence-corrected chi connectivity index (χ4v) is 5.04. The highest BCUT2D eigenvalue weighted by Crippen LogP contribution is 2.29. The summed E-state index contributed by atoms with van der Waals surface area (Å²) in [6.45, 7) is 9.57. The molecule has 0 aliphatic carbocycles. The van der Waals surface area contributed by atoms with E-state index >= 15 is 0 Å². The highest BCUT2D eigenvalue weighted by molar-refractivity contribution is 6.30. The van der Waals surface area contributed by atoms with E-state index in [4.69, 9.17) is 16.6 Å². The highest BCUT2D eigenvalue weighted by Gasteiger charge is 2.39. The highest BCUT2D eigenvalue weighted by atomic mass is 35.5. The zero-order chi connectivity index (χ0) is 24.5. The van der Waals surface area contributed by atoms with Crippen LogP contribution in [0, 0.1) is 20.8 Å². The molecule has 3 aromatic rings. The molecule has 2 heterocycles. The predicted molar refractivity (Wildman–Crippen MR) is 145 cm³/mol. The van der Waals surface area contributed by atoms with E-state index in [2.05, 4.69) is 60.9 Å². The van der Waals surface area contributed by atoms with Crippen LogP contribution in [-0.4, -0.2) is 49.0 Å². The maximum Gasteiger partial charge on any atom is 0.259 e. The van der Waals surface area contributed by atoms with Crippen LogP contribution in [0.4, 0.5) is 11.4 Å². The van der Waals surface area contributed by atoms with Crippen LogP contribution in [0.15, 0.2) is 71.7 Å². The molecule has 2 aliphatic rings. The number of amides is 1. The fraction of sp³-hybridized carbons (Fsp3) is 0.310. The first-order valence-electron chi connectivity index (χ1n) is 12.2. The van der Waals surface area contributed by atoms with Crippen LogP contribution in [0.1, 0.15) is 22.3 Å². The zero-order valence-electron chi connectivity index (χ0n) is 20.5. The van der Waals surface area contributed by atoms with Crippen molar-refractivity contribution in [3.05, 3.63) is 94.0 Å². The lowest BCUT2D eigenvalue weighted by molar-refractivity contribution is -0.118. The van der Waals surface area contributed by atoms with Crippen molar-refractivity contribution in [3.63, 3.8) is 0 Å². The van der Waals surface area contributed by atoms with Crippen LogP contribution in [-0.2, 0) is 11.2 Å². The topological polar surface area (TPSA) is 39.2 Å². The van der Waals surface area contributed by atoms with Crippen LogP contribution in [0.2, 0.25) is 5.02 Å². The van der Waals surface area contributed by atoms with Crippen LogP contribution in [0.3, 0.4) is 0 Å². The van der Waals surface area contributed by atoms with Crippen molar-refractivity contribution in [3.8, 4) is 0 Å². The molecule has 5 rings (SSSR count). The molecule has 35 heavy (non-hydrogen) atoms. The van der Waals surface area contributed by atoms with Crippen molar-refractivity contribution < 1.29 is 4.79 Å². The van der Waals surface area contributed by atoms with Gasteiger partial charge in [0.15, 0.2) is 0 Å². The molecule has 6 heteroatoms. The summed E-state index contributed by atoms with van der Waals surface area (Å²) in [6.07, 6.45) is 0.603. The Morgan fingerprint density at radius 3 is 2.23 bits per heavy atom. The molecule has 5 nitrogen and oxygen atoms in total. The Morgan fingerprint density at radius 2 is 1.51 bits per heavy atom. The van der Waals surface area contributed by atoms with E-state index in [0.717, 1.165) is 48.4 Å². The third-order valence-corrected chi connectivity index (χ3v) is 7.31. The number of halogens is 1. The minimum absolute atomic E-state index is 0.0419. The van der Waals surface area contributed by atoms with E-state index in [9.17, 15) is 4.79 Å². The first-order valence-corrected chi connectivity index (χ1v) is 12.6. The summed E-state index contributed by atoms with van der Waals surface area (Å²) in [6, 6.07) is 22.0. The van der Waals surface area contributed by atoms with E-state index in [-0.39, 0.29) is 5.91 Å². The summed E-state index contributed by atoms with van der Waals surface area (Å²) in [4.78, 5) is 25.2. The molecule has 0 N–H and O–H groups in total. The van der Waals surface area contributed by atoms with Crippen LogP contribution in [0.25, 0.3) is 0 Å². The molecule has 1 saturated heterocycles. The van der Waals surface area contributed by atoms with Gasteiger partial charge in [0.1, 0.15) is 6.04 Å². The van der Waals surface area contributed by atoms with Gasteiger partial charge in [0.2, 0.25) is 5.96 Å². The van der Waals surface area contributed by atoms with E-state index in [1.807, 2.05) is 41.3 Å². The van der Waals surface area contributed by atoms with E-state index in [1.54, 1.807) is 0 Å². The Labute approximate surface area is 212 Å². The Balaban J connectivity index is 1.41. The molecule has 2 aliphatic heterocycles. The second-order valence-electron chi connectivity index (χ2n) is 9.48. The molecule has 3 aromatic carbocycles. The number of piperazine rings is 1. The van der Waals surface area contributed by atoms with Crippen LogP contribution >= 0.6 is 11.6 Å². The van der Waals surface area contributed by atoms with Crippen molar-refractivity contribution in [2.24, 2.45) is 4.99 Å². The number of nitrogens with zero attached hydrogens (tertiary/aromatic N) is 4. The second-order valence-corrected chi connectivity index (χ2v) is 9.92. The smallest absolute Gasteiger partial charge is 0.259 e. The molecular weight excluding hydrogens is 456 g/mol. The molecular formula is C29H31ClN4O. The number of anilines is 2. The van der Waals surface area contributed by atoms with Crippen LogP contribution < -0.4 is 9.80 Å². The molecule has 180 valence electrons. The van der Waals surface area contributed by atoms with Crippen molar-refractivity contribution in [2.45, 2.75) is 33.2 Å². The quantitative estimate of drug-likeness (QED) is 0.495. The zero-order valence-corrected chi connectivity index (χ0v) is 21.3. The maximum absolute atomic E-state index is 13.7. The normalized spacial score (nSPS) is 18.3. The number of hydrogen-bond donors (Lipinski definition) is 0. The summed E-state index contributed by atoms with van der Waals surface area (Å²) >= 11 is 6.28. The number of aliphatic imine (C=N–C) groups is 1. The summed E-state index contributed by atoms with van der Waals surface area (Å²) in [5.41, 5.74) is 6.79. The monoisotopic (exact) mass is 486 g/mol. The van der Waals surface area contributed by atoms with Crippen molar-refractivity contribution in [1.82, 2.24) is 4.90 Å². The van der Waals surface area contributed by atoms with Crippen molar-refractivity contribution in [1.29, 1.82) is 0 Å². The molecule has 1 atom stereocenters. The number of benzene rings is 3. The summed E-state index contributed by atoms with van der Waals surface area (Å²) in [5.74, 6) is 0.807. The summed E-state index contributed by atoms with van der Waals surface area (Å²) in [5, 5.41) is 0.753. The van der Waals surface area contributed by atoms with Gasteiger partial charge in [-0.3, -0.25) is 4.79 Å². The van der Waals surface area contributed by atoms with Gasteiger partial charge in [0.25, 0.3) is 5.91 Å². The molecule has 0 radical (unpaired) electrons. The van der Waals surface area contributed by atoms with E-state index < -0.39 is 6.04 Å². The van der Waals surface area contributed by atoms with Gasteiger partial charge in [-0.25, -0.2) is 9.89 Å². The summed E-state index contributed by atoms with van der Waals surface area (Å²) < 4.78 is 0. The molecule has 0 aromatic heterocycles. The largest absolute Gasteiger partial charge is 0.368 e. The predicted octanol–water partition coefficient (Wildman–Crippen LogP) is 5.40. The average molecular weight is 487 g/mol. The third-order valence-electron chi connectivity index (χ3n) is 7.07. The molecule has 1 amide bonds. The standard InChI is InChI=1S/C29H31ClN4O/c1-20-10-12-25(17-22(20)3)34-28(35)26(18-23-7-5-4-6-8-23)31-29(34)33-15-13-32(14-16-33)27-19-24(30)11-9-21(27)2/h4-12,17,19,26H,13-16,18H2,1-3H3. The SMILES string of the molecule is Cc1ccc(N2C(=O)C(Cc3ccccc3)N=C2N2CCN(c3cc(Cl)ccc3C)CC2)cc1C. The van der Waals surface area contributed by atoms with Crippen LogP contribution in [0.5, 0.6) is 0 Å². The number of rotatable bonds is 4. The number of hydrogen-bond acceptors (Lipinski definition) is 4. The first-order chi connectivity index (χ1) is 16.9. The second kappa shape index (κ2) is 9.74. The van der Waals surface area contributed by atoms with Gasteiger partial charge in [0, 0.05) is 43.3 Å². The van der Waals surface area contributed by atoms with E-state index in [0.29, 0.717) is 6.42 Å². The molecule has 1 fully saturated rings. The number of guanidine groups is 1. The molecule has 0 bridgehead atoms. The number of carbonyl (C=O) groups is 1. The van der Waals surface area contributed by atoms with Crippen molar-refractivity contribution in [2.75, 3.05) is 36.0 Å². The molecule has 0 saturated carbocycles. The Hall–Kier alpha value is -3.31. The lowest BCUT2D eigenvalue weighted by atomic mass is 10.1. The lowest BCUT2D eigenvalue weighted by Crippen LogP contribution is -2.53. The maximum atomic E-state index is 13.7. The Kier molecular flexibility index (Phi) is 6.52. The Bertz CT molecular complexity index is 1260. The van der Waals surface area contributed by atoms with E-state index in [1.165, 1.54) is 22.4 Å².